The van der Waals surface area contributed by atoms with Gasteiger partial charge in [-0.2, -0.15) is 4.31 Å². The lowest BCUT2D eigenvalue weighted by Crippen LogP contribution is -2.53. The highest BCUT2D eigenvalue weighted by molar-refractivity contribution is 7.89. The standard InChI is InChI=1S/C30H36ClN3O4S/c1-4-5-18-32-30(36)28(20-24-10-7-6-8-11-24)34(21-25-12-9-13-26(31)19-25)29(35)22-33(3)39(37,38)27-16-14-23(2)15-17-27/h6-17,19,28H,4-5,18,20-22H2,1-3H3,(H,32,36)/t28-/m0/s1. The number of halogens is 1. The molecule has 0 unspecified atom stereocenters. The second-order valence-electron chi connectivity index (χ2n) is 9.58. The molecule has 0 fully saturated rings. The summed E-state index contributed by atoms with van der Waals surface area (Å²) in [6, 6.07) is 22.2. The van der Waals surface area contributed by atoms with Gasteiger partial charge < -0.3 is 10.2 Å². The molecule has 0 spiro atoms. The molecule has 1 N–H and O–H groups in total. The maximum absolute atomic E-state index is 13.8. The summed E-state index contributed by atoms with van der Waals surface area (Å²) < 4.78 is 27.5. The summed E-state index contributed by atoms with van der Waals surface area (Å²) in [5.41, 5.74) is 2.55. The molecule has 0 aliphatic carbocycles. The summed E-state index contributed by atoms with van der Waals surface area (Å²) in [5, 5.41) is 3.47. The van der Waals surface area contributed by atoms with E-state index in [1.54, 1.807) is 30.3 Å². The molecule has 9 heteroatoms. The van der Waals surface area contributed by atoms with Gasteiger partial charge in [0.05, 0.1) is 11.4 Å². The van der Waals surface area contributed by atoms with Gasteiger partial charge in [-0.1, -0.05) is 85.1 Å². The van der Waals surface area contributed by atoms with E-state index < -0.39 is 28.5 Å². The predicted octanol–water partition coefficient (Wildman–Crippen LogP) is 4.83. The second-order valence-corrected chi connectivity index (χ2v) is 12.1. The Kier molecular flexibility index (Phi) is 11.1. The molecule has 0 saturated heterocycles. The number of carbonyl (C=O) groups excluding carboxylic acids is 2. The minimum Gasteiger partial charge on any atom is -0.354 e. The molecule has 39 heavy (non-hydrogen) atoms. The van der Waals surface area contributed by atoms with Crippen LogP contribution < -0.4 is 5.32 Å². The Morgan fingerprint density at radius 2 is 1.62 bits per heavy atom. The topological polar surface area (TPSA) is 86.8 Å². The predicted molar refractivity (Wildman–Crippen MR) is 155 cm³/mol. The first-order valence-corrected chi connectivity index (χ1v) is 14.8. The number of hydrogen-bond acceptors (Lipinski definition) is 4. The van der Waals surface area contributed by atoms with E-state index in [1.165, 1.54) is 24.1 Å². The molecule has 0 heterocycles. The summed E-state index contributed by atoms with van der Waals surface area (Å²) in [7, 11) is -2.55. The van der Waals surface area contributed by atoms with Crippen LogP contribution >= 0.6 is 11.6 Å². The molecule has 3 rings (SSSR count). The van der Waals surface area contributed by atoms with Crippen LogP contribution in [0.1, 0.15) is 36.5 Å². The molecule has 0 bridgehead atoms. The number of aryl methyl sites for hydroxylation is 1. The molecule has 3 aromatic rings. The van der Waals surface area contributed by atoms with Crippen molar-refractivity contribution in [3.8, 4) is 0 Å². The summed E-state index contributed by atoms with van der Waals surface area (Å²) in [5.74, 6) is -0.772. The molecule has 0 saturated carbocycles. The van der Waals surface area contributed by atoms with Gasteiger partial charge in [-0.15, -0.1) is 0 Å². The Hall–Kier alpha value is -3.20. The lowest BCUT2D eigenvalue weighted by molar-refractivity contribution is -0.141. The third-order valence-corrected chi connectivity index (χ3v) is 8.48. The first kappa shape index (κ1) is 30.3. The fourth-order valence-corrected chi connectivity index (χ4v) is 5.48. The lowest BCUT2D eigenvalue weighted by Gasteiger charge is -2.32. The van der Waals surface area contributed by atoms with Crippen molar-refractivity contribution >= 4 is 33.4 Å². The number of sulfonamides is 1. The van der Waals surface area contributed by atoms with Crippen LogP contribution in [0, 0.1) is 6.92 Å². The first-order valence-electron chi connectivity index (χ1n) is 13.0. The quantitative estimate of drug-likeness (QED) is 0.299. The van der Waals surface area contributed by atoms with Crippen molar-refractivity contribution in [3.63, 3.8) is 0 Å². The number of likely N-dealkylation sites (N-methyl/N-ethyl adjacent to an activating group) is 1. The third kappa shape index (κ3) is 8.65. The molecule has 3 aromatic carbocycles. The molecular formula is C30H36ClN3O4S. The Balaban J connectivity index is 1.95. The van der Waals surface area contributed by atoms with E-state index in [2.05, 4.69) is 5.32 Å². The van der Waals surface area contributed by atoms with Crippen LogP contribution in [0.25, 0.3) is 0 Å². The van der Waals surface area contributed by atoms with Gasteiger partial charge in [0.25, 0.3) is 0 Å². The minimum absolute atomic E-state index is 0.0938. The average molecular weight is 570 g/mol. The van der Waals surface area contributed by atoms with Crippen molar-refractivity contribution in [2.24, 2.45) is 0 Å². The Morgan fingerprint density at radius 3 is 2.26 bits per heavy atom. The van der Waals surface area contributed by atoms with Crippen LogP contribution in [0.5, 0.6) is 0 Å². The zero-order valence-corrected chi connectivity index (χ0v) is 24.2. The zero-order valence-electron chi connectivity index (χ0n) is 22.6. The van der Waals surface area contributed by atoms with Crippen LogP contribution in [-0.4, -0.2) is 55.6 Å². The molecule has 0 aliphatic rings. The summed E-state index contributed by atoms with van der Waals surface area (Å²) in [6.07, 6.45) is 2.00. The van der Waals surface area contributed by atoms with Crippen LogP contribution in [0.2, 0.25) is 5.02 Å². The fourth-order valence-electron chi connectivity index (χ4n) is 4.15. The summed E-state index contributed by atoms with van der Waals surface area (Å²) in [4.78, 5) is 28.9. The molecule has 0 aliphatic heterocycles. The highest BCUT2D eigenvalue weighted by Crippen LogP contribution is 2.20. The SMILES string of the molecule is CCCCNC(=O)[C@H](Cc1ccccc1)N(Cc1cccc(Cl)c1)C(=O)CN(C)S(=O)(=O)c1ccc(C)cc1. The fraction of sp³-hybridized carbons (Fsp3) is 0.333. The van der Waals surface area contributed by atoms with Gasteiger partial charge in [0, 0.05) is 31.6 Å². The molecule has 208 valence electrons. The first-order chi connectivity index (χ1) is 18.6. The normalized spacial score (nSPS) is 12.2. The highest BCUT2D eigenvalue weighted by atomic mass is 35.5. The van der Waals surface area contributed by atoms with Crippen LogP contribution in [-0.2, 0) is 32.6 Å². The molecule has 1 atom stereocenters. The number of unbranched alkanes of at least 4 members (excludes halogenated alkanes) is 1. The minimum atomic E-state index is -3.92. The van der Waals surface area contributed by atoms with Gasteiger partial charge in [-0.05, 0) is 48.7 Å². The number of benzene rings is 3. The average Bonchev–Trinajstić information content (AvgIpc) is 2.91. The maximum atomic E-state index is 13.8. The van der Waals surface area contributed by atoms with E-state index in [1.807, 2.05) is 50.2 Å². The van der Waals surface area contributed by atoms with Crippen molar-refractivity contribution in [2.75, 3.05) is 20.1 Å². The zero-order chi connectivity index (χ0) is 28.4. The van der Waals surface area contributed by atoms with Gasteiger partial charge in [0.2, 0.25) is 21.8 Å². The number of rotatable bonds is 13. The smallest absolute Gasteiger partial charge is 0.243 e. The van der Waals surface area contributed by atoms with E-state index in [-0.39, 0.29) is 23.8 Å². The maximum Gasteiger partial charge on any atom is 0.243 e. The van der Waals surface area contributed by atoms with Gasteiger partial charge in [0.15, 0.2) is 0 Å². The third-order valence-electron chi connectivity index (χ3n) is 6.43. The number of hydrogen-bond donors (Lipinski definition) is 1. The van der Waals surface area contributed by atoms with Crippen molar-refractivity contribution in [2.45, 2.75) is 50.6 Å². The molecule has 7 nitrogen and oxygen atoms in total. The van der Waals surface area contributed by atoms with E-state index in [0.717, 1.165) is 33.8 Å². The molecule has 0 radical (unpaired) electrons. The van der Waals surface area contributed by atoms with Gasteiger partial charge >= 0.3 is 0 Å². The number of carbonyl (C=O) groups is 2. The van der Waals surface area contributed by atoms with Crippen molar-refractivity contribution in [3.05, 3.63) is 101 Å². The van der Waals surface area contributed by atoms with Crippen LogP contribution in [0.3, 0.4) is 0 Å². The lowest BCUT2D eigenvalue weighted by atomic mass is 10.0. The van der Waals surface area contributed by atoms with Crippen LogP contribution in [0.15, 0.2) is 83.8 Å². The van der Waals surface area contributed by atoms with E-state index in [9.17, 15) is 18.0 Å². The van der Waals surface area contributed by atoms with E-state index in [4.69, 9.17) is 11.6 Å². The van der Waals surface area contributed by atoms with Gasteiger partial charge in [-0.3, -0.25) is 9.59 Å². The monoisotopic (exact) mass is 569 g/mol. The summed E-state index contributed by atoms with van der Waals surface area (Å²) >= 11 is 6.22. The number of nitrogens with zero attached hydrogens (tertiary/aromatic N) is 2. The largest absolute Gasteiger partial charge is 0.354 e. The van der Waals surface area contributed by atoms with Crippen LogP contribution in [0.4, 0.5) is 0 Å². The Bertz CT molecular complexity index is 1350. The number of nitrogens with one attached hydrogen (secondary N) is 1. The van der Waals surface area contributed by atoms with E-state index in [0.29, 0.717) is 11.6 Å². The van der Waals surface area contributed by atoms with Gasteiger partial charge in [-0.25, -0.2) is 8.42 Å². The van der Waals surface area contributed by atoms with Crippen molar-refractivity contribution in [1.29, 1.82) is 0 Å². The van der Waals surface area contributed by atoms with Crippen molar-refractivity contribution < 1.29 is 18.0 Å². The highest BCUT2D eigenvalue weighted by Gasteiger charge is 2.33. The molecule has 2 amide bonds. The molecular weight excluding hydrogens is 534 g/mol. The Labute approximate surface area is 236 Å². The Morgan fingerprint density at radius 1 is 0.949 bits per heavy atom. The second kappa shape index (κ2) is 14.3. The number of amides is 2. The van der Waals surface area contributed by atoms with Gasteiger partial charge in [0.1, 0.15) is 6.04 Å². The summed E-state index contributed by atoms with van der Waals surface area (Å²) in [6.45, 7) is 4.06. The van der Waals surface area contributed by atoms with E-state index >= 15 is 0 Å². The van der Waals surface area contributed by atoms with Crippen molar-refractivity contribution in [1.82, 2.24) is 14.5 Å². The molecule has 0 aromatic heterocycles.